The van der Waals surface area contributed by atoms with Crippen molar-refractivity contribution >= 4 is 26.9 Å². The number of nitrogens with zero attached hydrogens (tertiary/aromatic N) is 1. The van der Waals surface area contributed by atoms with Gasteiger partial charge in [-0.15, -0.1) is 0 Å². The fourth-order valence-corrected chi connectivity index (χ4v) is 4.03. The molecule has 0 saturated carbocycles. The van der Waals surface area contributed by atoms with Gasteiger partial charge in [0.1, 0.15) is 0 Å². The lowest BCUT2D eigenvalue weighted by molar-refractivity contribution is -0.172. The summed E-state index contributed by atoms with van der Waals surface area (Å²) in [4.78, 5) is 11.7. The third-order valence-corrected chi connectivity index (χ3v) is 5.54. The minimum absolute atomic E-state index is 0.0370. The Bertz CT molecular complexity index is 1060. The van der Waals surface area contributed by atoms with Crippen LogP contribution in [0.2, 0.25) is 0 Å². The van der Waals surface area contributed by atoms with Crippen LogP contribution in [0.4, 0.5) is 8.78 Å². The van der Waals surface area contributed by atoms with Crippen molar-refractivity contribution in [2.75, 3.05) is 6.61 Å². The highest BCUT2D eigenvalue weighted by molar-refractivity contribution is 7.90. The zero-order valence-electron chi connectivity index (χ0n) is 13.7. The molecule has 1 heterocycles. The molecule has 2 aromatic carbocycles. The van der Waals surface area contributed by atoms with Crippen LogP contribution in [0.5, 0.6) is 0 Å². The Hall–Kier alpha value is -2.74. The number of hydrogen-bond acceptors (Lipinski definition) is 4. The SMILES string of the molecule is CCOC(=O)C(F)(F)c1cn(S(=O)(=O)c2ccccc2)c2ccccc12. The van der Waals surface area contributed by atoms with Gasteiger partial charge in [0.15, 0.2) is 0 Å². The van der Waals surface area contributed by atoms with Gasteiger partial charge < -0.3 is 4.74 Å². The number of hydrogen-bond donors (Lipinski definition) is 0. The van der Waals surface area contributed by atoms with E-state index in [1.807, 2.05) is 0 Å². The summed E-state index contributed by atoms with van der Waals surface area (Å²) >= 11 is 0. The molecule has 1 aromatic heterocycles. The number of halogens is 2. The molecule has 8 heteroatoms. The van der Waals surface area contributed by atoms with Crippen molar-refractivity contribution in [2.45, 2.75) is 17.7 Å². The molecule has 0 aliphatic carbocycles. The fraction of sp³-hybridized carbons (Fsp3) is 0.167. The maximum absolute atomic E-state index is 14.6. The number of alkyl halides is 2. The quantitative estimate of drug-likeness (QED) is 0.636. The van der Waals surface area contributed by atoms with Gasteiger partial charge in [-0.3, -0.25) is 0 Å². The number of carbonyl (C=O) groups is 1. The fourth-order valence-electron chi connectivity index (χ4n) is 2.64. The Kier molecular flexibility index (Phi) is 4.53. The molecule has 3 aromatic rings. The van der Waals surface area contributed by atoms with E-state index in [9.17, 15) is 22.0 Å². The summed E-state index contributed by atoms with van der Waals surface area (Å²) in [7, 11) is -4.11. The number of benzene rings is 2. The van der Waals surface area contributed by atoms with Gasteiger partial charge >= 0.3 is 11.9 Å². The van der Waals surface area contributed by atoms with E-state index >= 15 is 0 Å². The second kappa shape index (κ2) is 6.53. The molecule has 0 aliphatic rings. The molecule has 0 radical (unpaired) electrons. The molecule has 0 unspecified atom stereocenters. The van der Waals surface area contributed by atoms with Gasteiger partial charge in [0, 0.05) is 11.6 Å². The molecule has 3 rings (SSSR count). The lowest BCUT2D eigenvalue weighted by atomic mass is 10.1. The first-order chi connectivity index (χ1) is 12.3. The van der Waals surface area contributed by atoms with E-state index in [4.69, 9.17) is 0 Å². The summed E-state index contributed by atoms with van der Waals surface area (Å²) in [6, 6.07) is 13.2. The maximum atomic E-state index is 14.6. The predicted molar refractivity (Wildman–Crippen MR) is 91.5 cm³/mol. The lowest BCUT2D eigenvalue weighted by Crippen LogP contribution is -2.28. The average Bonchev–Trinajstić information content (AvgIpc) is 3.04. The molecule has 0 spiro atoms. The molecule has 0 atom stereocenters. The summed E-state index contributed by atoms with van der Waals surface area (Å²) < 4.78 is 60.2. The van der Waals surface area contributed by atoms with E-state index in [2.05, 4.69) is 4.74 Å². The molecule has 0 fully saturated rings. The second-order valence-corrected chi connectivity index (χ2v) is 7.28. The summed E-state index contributed by atoms with van der Waals surface area (Å²) in [5.74, 6) is -5.70. The van der Waals surface area contributed by atoms with E-state index in [0.29, 0.717) is 0 Å². The van der Waals surface area contributed by atoms with Gasteiger partial charge in [-0.25, -0.2) is 17.2 Å². The number of aromatic nitrogens is 1. The number of carbonyl (C=O) groups excluding carboxylic acids is 1. The van der Waals surface area contributed by atoms with Crippen LogP contribution in [-0.2, 0) is 25.5 Å². The largest absolute Gasteiger partial charge is 0.461 e. The molecule has 0 bridgehead atoms. The van der Waals surface area contributed by atoms with Crippen molar-refractivity contribution in [3.63, 3.8) is 0 Å². The minimum atomic E-state index is -4.11. The van der Waals surface area contributed by atoms with E-state index < -0.39 is 27.5 Å². The van der Waals surface area contributed by atoms with Gasteiger partial charge in [0.25, 0.3) is 10.0 Å². The van der Waals surface area contributed by atoms with Gasteiger partial charge in [-0.1, -0.05) is 36.4 Å². The molecule has 136 valence electrons. The highest BCUT2D eigenvalue weighted by Crippen LogP contribution is 2.37. The zero-order chi connectivity index (χ0) is 18.9. The van der Waals surface area contributed by atoms with Crippen molar-refractivity contribution in [2.24, 2.45) is 0 Å². The van der Waals surface area contributed by atoms with Crippen LogP contribution in [0.15, 0.2) is 65.7 Å². The normalized spacial score (nSPS) is 12.3. The highest BCUT2D eigenvalue weighted by atomic mass is 32.2. The maximum Gasteiger partial charge on any atom is 0.382 e. The molecule has 0 N–H and O–H groups in total. The third kappa shape index (κ3) is 2.86. The van der Waals surface area contributed by atoms with E-state index in [0.717, 1.165) is 10.2 Å². The topological polar surface area (TPSA) is 65.4 Å². The smallest absolute Gasteiger partial charge is 0.382 e. The molecule has 26 heavy (non-hydrogen) atoms. The lowest BCUT2D eigenvalue weighted by Gasteiger charge is -2.13. The van der Waals surface area contributed by atoms with Crippen LogP contribution in [-0.4, -0.2) is 25.0 Å². The Morgan fingerprint density at radius 1 is 1.08 bits per heavy atom. The van der Waals surface area contributed by atoms with Crippen molar-refractivity contribution < 1.29 is 26.7 Å². The average molecular weight is 379 g/mol. The predicted octanol–water partition coefficient (Wildman–Crippen LogP) is 3.53. The number of para-hydroxylation sites is 1. The molecule has 0 aliphatic heterocycles. The molecule has 0 saturated heterocycles. The van der Waals surface area contributed by atoms with Crippen molar-refractivity contribution in [3.8, 4) is 0 Å². The Labute approximate surface area is 148 Å². The number of ether oxygens (including phenoxy) is 1. The summed E-state index contributed by atoms with van der Waals surface area (Å²) in [6.45, 7) is 1.20. The van der Waals surface area contributed by atoms with Crippen LogP contribution < -0.4 is 0 Å². The van der Waals surface area contributed by atoms with Crippen LogP contribution in [0.25, 0.3) is 10.9 Å². The minimum Gasteiger partial charge on any atom is -0.461 e. The van der Waals surface area contributed by atoms with Gasteiger partial charge in [-0.2, -0.15) is 8.78 Å². The summed E-state index contributed by atoms with van der Waals surface area (Å²) in [6.07, 6.45) is 0.782. The van der Waals surface area contributed by atoms with E-state index in [1.165, 1.54) is 55.5 Å². The Balaban J connectivity index is 2.26. The summed E-state index contributed by atoms with van der Waals surface area (Å²) in [5.41, 5.74) is -0.665. The van der Waals surface area contributed by atoms with E-state index in [-0.39, 0.29) is 22.4 Å². The molecular weight excluding hydrogens is 364 g/mol. The van der Waals surface area contributed by atoms with Crippen molar-refractivity contribution in [1.29, 1.82) is 0 Å². The Morgan fingerprint density at radius 2 is 1.69 bits per heavy atom. The van der Waals surface area contributed by atoms with E-state index in [1.54, 1.807) is 6.07 Å². The number of fused-ring (bicyclic) bond motifs is 1. The Morgan fingerprint density at radius 3 is 2.35 bits per heavy atom. The molecular formula is C18H15F2NO4S. The zero-order valence-corrected chi connectivity index (χ0v) is 14.5. The van der Waals surface area contributed by atoms with Crippen LogP contribution in [0, 0.1) is 0 Å². The first-order valence-corrected chi connectivity index (χ1v) is 9.20. The van der Waals surface area contributed by atoms with Crippen LogP contribution >= 0.6 is 0 Å². The van der Waals surface area contributed by atoms with Gasteiger partial charge in [0.2, 0.25) is 0 Å². The first kappa shape index (κ1) is 18.1. The molecule has 5 nitrogen and oxygen atoms in total. The third-order valence-electron chi connectivity index (χ3n) is 3.85. The standard InChI is InChI=1S/C18H15F2NO4S/c1-2-25-17(22)18(19,20)15-12-21(16-11-7-6-10-14(15)16)26(23,24)13-8-4-3-5-9-13/h3-12H,2H2,1H3. The van der Waals surface area contributed by atoms with Gasteiger partial charge in [0.05, 0.1) is 22.6 Å². The van der Waals surface area contributed by atoms with Crippen molar-refractivity contribution in [1.82, 2.24) is 3.97 Å². The second-order valence-electron chi connectivity index (χ2n) is 5.47. The number of esters is 1. The first-order valence-electron chi connectivity index (χ1n) is 7.76. The van der Waals surface area contributed by atoms with Gasteiger partial charge in [-0.05, 0) is 25.1 Å². The summed E-state index contributed by atoms with van der Waals surface area (Å²) in [5, 5.41) is -0.0370. The van der Waals surface area contributed by atoms with Crippen LogP contribution in [0.3, 0.4) is 0 Å². The highest BCUT2D eigenvalue weighted by Gasteiger charge is 2.45. The molecule has 0 amide bonds. The number of rotatable bonds is 5. The van der Waals surface area contributed by atoms with Crippen LogP contribution in [0.1, 0.15) is 12.5 Å². The monoisotopic (exact) mass is 379 g/mol. The van der Waals surface area contributed by atoms with Crippen molar-refractivity contribution in [3.05, 3.63) is 66.4 Å².